The van der Waals surface area contributed by atoms with Crippen LogP contribution in [-0.4, -0.2) is 108 Å². The second-order valence-corrected chi connectivity index (χ2v) is 19.3. The number of carbonyl (C=O) groups is 4. The summed E-state index contributed by atoms with van der Waals surface area (Å²) in [5, 5.41) is 0.158. The molecule has 2 fully saturated rings. The zero-order valence-corrected chi connectivity index (χ0v) is 38.6. The number of rotatable bonds is 9. The maximum Gasteiger partial charge on any atom is 0.514 e. The summed E-state index contributed by atoms with van der Waals surface area (Å²) in [6.45, 7) is 19.1. The summed E-state index contributed by atoms with van der Waals surface area (Å²) in [4.78, 5) is 74.2. The molecule has 3 heterocycles. The lowest BCUT2D eigenvalue weighted by atomic mass is 9.85. The van der Waals surface area contributed by atoms with Gasteiger partial charge in [0.1, 0.15) is 45.4 Å². The third-order valence-corrected chi connectivity index (χ3v) is 10.4. The SMILES string of the molecule is CCCN(C[C@@H]1CCCCN1C(=O)OC(C)(C)C)C(=O)Oc1cc(OC(=O)OC(C)(C)C)c2c(=O)cc(-c3ccccc3Cl)oc2c1[C@H]1CCN(C)C[C@H]1OC(=O)OC(C)(C)C. The first-order chi connectivity index (χ1) is 28.9. The quantitative estimate of drug-likeness (QED) is 0.113. The monoisotopic (exact) mass is 883 g/mol. The van der Waals surface area contributed by atoms with E-state index in [-0.39, 0.29) is 59.5 Å². The van der Waals surface area contributed by atoms with Crippen molar-refractivity contribution in [3.63, 3.8) is 0 Å². The van der Waals surface area contributed by atoms with Gasteiger partial charge in [0, 0.05) is 55.4 Å². The van der Waals surface area contributed by atoms with Gasteiger partial charge in [0.2, 0.25) is 0 Å². The van der Waals surface area contributed by atoms with E-state index in [1.54, 1.807) is 91.5 Å². The molecule has 0 aliphatic carbocycles. The van der Waals surface area contributed by atoms with Crippen molar-refractivity contribution in [2.24, 2.45) is 0 Å². The van der Waals surface area contributed by atoms with Crippen LogP contribution in [0.5, 0.6) is 11.5 Å². The number of carbonyl (C=O) groups excluding carboxylic acids is 4. The number of likely N-dealkylation sites (tertiary alicyclic amines) is 2. The summed E-state index contributed by atoms with van der Waals surface area (Å²) in [6.07, 6.45) is -0.974. The van der Waals surface area contributed by atoms with Crippen molar-refractivity contribution in [2.45, 2.75) is 136 Å². The Hall–Kier alpha value is -5.02. The Labute approximate surface area is 368 Å². The van der Waals surface area contributed by atoms with Crippen LogP contribution in [0.3, 0.4) is 0 Å². The fourth-order valence-corrected chi connectivity index (χ4v) is 7.81. The molecule has 0 spiro atoms. The van der Waals surface area contributed by atoms with E-state index in [1.165, 1.54) is 17.0 Å². The molecule has 0 N–H and O–H groups in total. The van der Waals surface area contributed by atoms with Crippen molar-refractivity contribution in [1.29, 1.82) is 0 Å². The van der Waals surface area contributed by atoms with Crippen LogP contribution in [0, 0.1) is 0 Å². The van der Waals surface area contributed by atoms with Crippen LogP contribution in [-0.2, 0) is 18.9 Å². The van der Waals surface area contributed by atoms with Gasteiger partial charge in [-0.3, -0.25) is 4.79 Å². The maximum atomic E-state index is 14.7. The molecule has 16 heteroatoms. The first kappa shape index (κ1) is 48.0. The average molecular weight is 884 g/mol. The molecule has 2 aliphatic heterocycles. The molecule has 0 radical (unpaired) electrons. The molecule has 2 aliphatic rings. The minimum Gasteiger partial charge on any atom is -0.455 e. The molecule has 2 aromatic carbocycles. The Balaban J connectivity index is 1.72. The number of hydrogen-bond donors (Lipinski definition) is 0. The fraction of sp³-hybridized carbons (Fsp3) is 0.587. The van der Waals surface area contributed by atoms with Crippen LogP contribution in [0.2, 0.25) is 5.02 Å². The van der Waals surface area contributed by atoms with Crippen LogP contribution in [0.15, 0.2) is 45.6 Å². The number of benzene rings is 2. The van der Waals surface area contributed by atoms with Gasteiger partial charge in [-0.05, 0) is 120 Å². The lowest BCUT2D eigenvalue weighted by molar-refractivity contribution is -0.0461. The molecule has 3 atom stereocenters. The number of ether oxygens (including phenoxy) is 6. The number of amides is 2. The van der Waals surface area contributed by atoms with E-state index >= 15 is 0 Å². The number of likely N-dealkylation sites (N-methyl/N-ethyl adjacent to an activating group) is 1. The summed E-state index contributed by atoms with van der Waals surface area (Å²) in [6, 6.07) is 8.99. The van der Waals surface area contributed by atoms with Gasteiger partial charge < -0.3 is 47.5 Å². The normalized spacial score (nSPS) is 18.8. The Kier molecular flexibility index (Phi) is 15.2. The maximum absolute atomic E-state index is 14.7. The van der Waals surface area contributed by atoms with Crippen LogP contribution >= 0.6 is 11.6 Å². The highest BCUT2D eigenvalue weighted by Crippen LogP contribution is 2.45. The van der Waals surface area contributed by atoms with E-state index < -0.39 is 58.8 Å². The zero-order valence-electron chi connectivity index (χ0n) is 37.9. The minimum absolute atomic E-state index is 0.0750. The molecule has 0 unspecified atom stereocenters. The first-order valence-corrected chi connectivity index (χ1v) is 21.7. The highest BCUT2D eigenvalue weighted by molar-refractivity contribution is 6.33. The zero-order chi connectivity index (χ0) is 45.7. The van der Waals surface area contributed by atoms with E-state index in [1.807, 2.05) is 18.9 Å². The second kappa shape index (κ2) is 19.6. The predicted molar refractivity (Wildman–Crippen MR) is 234 cm³/mol. The van der Waals surface area contributed by atoms with Crippen LogP contribution < -0.4 is 14.9 Å². The second-order valence-electron chi connectivity index (χ2n) is 18.9. The Morgan fingerprint density at radius 3 is 2.15 bits per heavy atom. The molecule has 3 aromatic rings. The van der Waals surface area contributed by atoms with Crippen molar-refractivity contribution >= 4 is 47.1 Å². The standard InChI is InChI=1S/C46H62ClN3O12/c1-12-21-49(26-28-17-15-16-22-50(28)41(53)60-44(2,3)4)40(52)57-34-25-35(58-42(54)61-45(5,6)7)38-32(51)24-33(29-18-13-14-19-31(29)47)56-39(38)37(34)30-20-23-48(11)27-36(30)59-43(55)62-46(8,9)10/h13-14,18-19,24-25,28,30,36H,12,15-17,20-23,26-27H2,1-11H3/t28-,30-,36+/m0/s1. The highest BCUT2D eigenvalue weighted by Gasteiger charge is 2.40. The number of hydrogen-bond acceptors (Lipinski definition) is 13. The Morgan fingerprint density at radius 2 is 1.50 bits per heavy atom. The number of piperidine rings is 2. The van der Waals surface area contributed by atoms with Gasteiger partial charge in [-0.25, -0.2) is 19.2 Å². The molecular weight excluding hydrogens is 822 g/mol. The van der Waals surface area contributed by atoms with Gasteiger partial charge in [0.15, 0.2) is 11.2 Å². The lowest BCUT2D eigenvalue weighted by Crippen LogP contribution is -2.52. The summed E-state index contributed by atoms with van der Waals surface area (Å²) in [5.74, 6) is -1.06. The van der Waals surface area contributed by atoms with Gasteiger partial charge in [0.25, 0.3) is 0 Å². The summed E-state index contributed by atoms with van der Waals surface area (Å²) in [7, 11) is 1.88. The predicted octanol–water partition coefficient (Wildman–Crippen LogP) is 10.2. The molecule has 0 bridgehead atoms. The van der Waals surface area contributed by atoms with E-state index in [0.717, 1.165) is 12.8 Å². The van der Waals surface area contributed by atoms with Crippen molar-refractivity contribution in [1.82, 2.24) is 14.7 Å². The lowest BCUT2D eigenvalue weighted by Gasteiger charge is -2.39. The van der Waals surface area contributed by atoms with Gasteiger partial charge in [-0.1, -0.05) is 30.7 Å². The van der Waals surface area contributed by atoms with Gasteiger partial charge >= 0.3 is 24.5 Å². The summed E-state index contributed by atoms with van der Waals surface area (Å²) in [5.41, 5.74) is -2.58. The number of halogens is 1. The number of nitrogens with zero attached hydrogens (tertiary/aromatic N) is 3. The van der Waals surface area contributed by atoms with E-state index in [4.69, 9.17) is 44.4 Å². The van der Waals surface area contributed by atoms with Gasteiger partial charge in [-0.15, -0.1) is 0 Å². The molecule has 340 valence electrons. The Bertz CT molecular complexity index is 2170. The average Bonchev–Trinajstić information content (AvgIpc) is 3.13. The van der Waals surface area contributed by atoms with Crippen LogP contribution in [0.4, 0.5) is 19.2 Å². The van der Waals surface area contributed by atoms with Crippen molar-refractivity contribution in [3.8, 4) is 22.8 Å². The first-order valence-electron chi connectivity index (χ1n) is 21.3. The van der Waals surface area contributed by atoms with E-state index in [0.29, 0.717) is 42.9 Å². The third-order valence-electron chi connectivity index (χ3n) is 10.1. The molecule has 2 saturated heterocycles. The van der Waals surface area contributed by atoms with Crippen molar-refractivity contribution in [2.75, 3.05) is 39.8 Å². The smallest absolute Gasteiger partial charge is 0.455 e. The molecule has 0 saturated carbocycles. The Morgan fingerprint density at radius 1 is 0.839 bits per heavy atom. The largest absolute Gasteiger partial charge is 0.514 e. The van der Waals surface area contributed by atoms with E-state index in [9.17, 15) is 24.0 Å². The molecule has 2 amide bonds. The topological polar surface area (TPSA) is 164 Å². The highest BCUT2D eigenvalue weighted by atomic mass is 35.5. The minimum atomic E-state index is -1.11. The number of fused-ring (bicyclic) bond motifs is 1. The van der Waals surface area contributed by atoms with Gasteiger partial charge in [-0.2, -0.15) is 0 Å². The van der Waals surface area contributed by atoms with Crippen molar-refractivity contribution < 1.29 is 52.0 Å². The van der Waals surface area contributed by atoms with Crippen molar-refractivity contribution in [3.05, 3.63) is 57.2 Å². The molecular formula is C46H62ClN3O12. The summed E-state index contributed by atoms with van der Waals surface area (Å²) < 4.78 is 41.6. The molecule has 5 rings (SSSR count). The molecule has 15 nitrogen and oxygen atoms in total. The van der Waals surface area contributed by atoms with Gasteiger partial charge in [0.05, 0.1) is 11.1 Å². The molecule has 62 heavy (non-hydrogen) atoms. The van der Waals surface area contributed by atoms with Crippen LogP contribution in [0.1, 0.15) is 113 Å². The summed E-state index contributed by atoms with van der Waals surface area (Å²) >= 11 is 6.64. The fourth-order valence-electron chi connectivity index (χ4n) is 7.58. The van der Waals surface area contributed by atoms with Crippen LogP contribution in [0.25, 0.3) is 22.3 Å². The molecule has 1 aromatic heterocycles. The van der Waals surface area contributed by atoms with E-state index in [2.05, 4.69) is 0 Å². The third kappa shape index (κ3) is 12.8.